The van der Waals surface area contributed by atoms with Crippen molar-refractivity contribution in [3.05, 3.63) is 47.7 Å². The van der Waals surface area contributed by atoms with Crippen molar-refractivity contribution in [2.75, 3.05) is 0 Å². The highest BCUT2D eigenvalue weighted by molar-refractivity contribution is 5.96. The molecular weight excluding hydrogens is 238 g/mol. The average Bonchev–Trinajstić information content (AvgIpc) is 2.47. The number of fused-ring (bicyclic) bond motifs is 1. The normalized spacial score (nSPS) is 15.3. The van der Waals surface area contributed by atoms with Crippen LogP contribution in [0.1, 0.15) is 41.6 Å². The Morgan fingerprint density at radius 2 is 2.16 bits per heavy atom. The zero-order valence-corrected chi connectivity index (χ0v) is 10.6. The average molecular weight is 253 g/mol. The van der Waals surface area contributed by atoms with Crippen molar-refractivity contribution < 1.29 is 9.90 Å². The Kier molecular flexibility index (Phi) is 3.03. The van der Waals surface area contributed by atoms with Crippen molar-refractivity contribution in [2.45, 2.75) is 25.7 Å². The fourth-order valence-corrected chi connectivity index (χ4v) is 2.62. The van der Waals surface area contributed by atoms with Crippen molar-refractivity contribution in [1.82, 2.24) is 4.98 Å². The molecule has 1 aromatic heterocycles. The fraction of sp³-hybridized carbons (Fsp3) is 0.250. The second kappa shape index (κ2) is 4.84. The zero-order chi connectivity index (χ0) is 13.2. The van der Waals surface area contributed by atoms with Crippen LogP contribution in [0.25, 0.3) is 16.5 Å². The smallest absolute Gasteiger partial charge is 0.337 e. The first-order valence-corrected chi connectivity index (χ1v) is 6.57. The summed E-state index contributed by atoms with van der Waals surface area (Å²) >= 11 is 0. The van der Waals surface area contributed by atoms with E-state index in [1.165, 1.54) is 24.6 Å². The number of nitrogens with zero attached hydrogens (tertiary/aromatic N) is 1. The van der Waals surface area contributed by atoms with Gasteiger partial charge in [0.2, 0.25) is 0 Å². The summed E-state index contributed by atoms with van der Waals surface area (Å²) in [6.07, 6.45) is 8.41. The van der Waals surface area contributed by atoms with Crippen LogP contribution in [0.2, 0.25) is 0 Å². The second-order valence-electron chi connectivity index (χ2n) is 4.88. The van der Waals surface area contributed by atoms with E-state index in [0.717, 1.165) is 29.3 Å². The minimum absolute atomic E-state index is 0.238. The number of benzene rings is 1. The van der Waals surface area contributed by atoms with Crippen molar-refractivity contribution in [3.63, 3.8) is 0 Å². The molecule has 2 aromatic rings. The predicted molar refractivity (Wildman–Crippen MR) is 75.1 cm³/mol. The van der Waals surface area contributed by atoms with Gasteiger partial charge in [-0.1, -0.05) is 24.3 Å². The summed E-state index contributed by atoms with van der Waals surface area (Å²) in [5.74, 6) is -0.934. The highest BCUT2D eigenvalue weighted by atomic mass is 16.4. The molecule has 3 rings (SSSR count). The Labute approximate surface area is 111 Å². The van der Waals surface area contributed by atoms with E-state index in [-0.39, 0.29) is 5.56 Å². The third-order valence-corrected chi connectivity index (χ3v) is 3.59. The number of carbonyl (C=O) groups is 1. The van der Waals surface area contributed by atoms with Crippen LogP contribution in [-0.2, 0) is 0 Å². The molecule has 0 saturated carbocycles. The van der Waals surface area contributed by atoms with E-state index >= 15 is 0 Å². The number of carboxylic acid groups (broad SMARTS) is 1. The lowest BCUT2D eigenvalue weighted by molar-refractivity contribution is 0.0696. The number of aromatic nitrogens is 1. The number of carboxylic acids is 1. The molecule has 3 heteroatoms. The van der Waals surface area contributed by atoms with Gasteiger partial charge in [0.15, 0.2) is 0 Å². The third kappa shape index (κ3) is 2.24. The second-order valence-corrected chi connectivity index (χ2v) is 4.88. The lowest BCUT2D eigenvalue weighted by Gasteiger charge is -2.14. The summed E-state index contributed by atoms with van der Waals surface area (Å²) in [7, 11) is 0. The number of para-hydroxylation sites is 1. The van der Waals surface area contributed by atoms with Crippen molar-refractivity contribution >= 4 is 22.4 Å². The minimum Gasteiger partial charge on any atom is -0.478 e. The molecule has 0 radical (unpaired) electrons. The highest BCUT2D eigenvalue weighted by Gasteiger charge is 2.12. The first-order chi connectivity index (χ1) is 9.25. The van der Waals surface area contributed by atoms with Crippen LogP contribution < -0.4 is 0 Å². The molecule has 1 aromatic carbocycles. The summed E-state index contributed by atoms with van der Waals surface area (Å²) in [5.41, 5.74) is 3.63. The number of rotatable bonds is 2. The Morgan fingerprint density at radius 1 is 1.26 bits per heavy atom. The van der Waals surface area contributed by atoms with Gasteiger partial charge in [0.25, 0.3) is 0 Å². The fourth-order valence-electron chi connectivity index (χ4n) is 2.62. The van der Waals surface area contributed by atoms with E-state index in [9.17, 15) is 4.79 Å². The Morgan fingerprint density at radius 3 is 2.89 bits per heavy atom. The maximum Gasteiger partial charge on any atom is 0.337 e. The largest absolute Gasteiger partial charge is 0.478 e. The molecule has 1 aliphatic rings. The van der Waals surface area contributed by atoms with Gasteiger partial charge in [0.1, 0.15) is 0 Å². The molecule has 3 nitrogen and oxygen atoms in total. The molecule has 0 amide bonds. The number of hydrogen-bond acceptors (Lipinski definition) is 2. The van der Waals surface area contributed by atoms with Gasteiger partial charge in [-0.15, -0.1) is 0 Å². The maximum atomic E-state index is 11.0. The van der Waals surface area contributed by atoms with Crippen molar-refractivity contribution in [1.29, 1.82) is 0 Å². The molecule has 96 valence electrons. The first kappa shape index (κ1) is 11.9. The Bertz CT molecular complexity index is 674. The standard InChI is InChI=1S/C16H15NO2/c18-16(19)13-9-12-7-4-8-14(15(12)17-10-13)11-5-2-1-3-6-11/h4-5,7-10H,1-3,6H2,(H,18,19). The van der Waals surface area contributed by atoms with Crippen LogP contribution in [0.5, 0.6) is 0 Å². The minimum atomic E-state index is -0.934. The zero-order valence-electron chi connectivity index (χ0n) is 10.6. The van der Waals surface area contributed by atoms with E-state index in [4.69, 9.17) is 5.11 Å². The van der Waals surface area contributed by atoms with Crippen LogP contribution >= 0.6 is 0 Å². The van der Waals surface area contributed by atoms with Crippen molar-refractivity contribution in [3.8, 4) is 0 Å². The van der Waals surface area contributed by atoms with Crippen LogP contribution in [-0.4, -0.2) is 16.1 Å². The van der Waals surface area contributed by atoms with Crippen molar-refractivity contribution in [2.24, 2.45) is 0 Å². The monoisotopic (exact) mass is 253 g/mol. The molecule has 0 bridgehead atoms. The number of hydrogen-bond donors (Lipinski definition) is 1. The third-order valence-electron chi connectivity index (χ3n) is 3.59. The topological polar surface area (TPSA) is 50.2 Å². The summed E-state index contributed by atoms with van der Waals surface area (Å²) in [6, 6.07) is 7.66. The number of pyridine rings is 1. The lowest BCUT2D eigenvalue weighted by Crippen LogP contribution is -1.99. The molecule has 0 spiro atoms. The van der Waals surface area contributed by atoms with E-state index in [2.05, 4.69) is 17.1 Å². The summed E-state index contributed by atoms with van der Waals surface area (Å²) in [6.45, 7) is 0. The molecule has 0 unspecified atom stereocenters. The van der Waals surface area contributed by atoms with Gasteiger partial charge < -0.3 is 5.11 Å². The van der Waals surface area contributed by atoms with Gasteiger partial charge in [0.05, 0.1) is 11.1 Å². The number of aromatic carboxylic acids is 1. The molecule has 1 aliphatic carbocycles. The lowest BCUT2D eigenvalue weighted by atomic mass is 9.92. The van der Waals surface area contributed by atoms with Crippen LogP contribution in [0.3, 0.4) is 0 Å². The van der Waals surface area contributed by atoms with Gasteiger partial charge in [-0.2, -0.15) is 0 Å². The molecule has 0 saturated heterocycles. The first-order valence-electron chi connectivity index (χ1n) is 6.57. The van der Waals surface area contributed by atoms with Crippen LogP contribution in [0, 0.1) is 0 Å². The highest BCUT2D eigenvalue weighted by Crippen LogP contribution is 2.31. The van der Waals surface area contributed by atoms with E-state index < -0.39 is 5.97 Å². The molecule has 1 N–H and O–H groups in total. The molecule has 0 aliphatic heterocycles. The molecule has 19 heavy (non-hydrogen) atoms. The summed E-state index contributed by atoms with van der Waals surface area (Å²) in [5, 5.41) is 9.90. The molecular formula is C16H15NO2. The van der Waals surface area contributed by atoms with E-state index in [0.29, 0.717) is 0 Å². The Hall–Kier alpha value is -2.16. The molecule has 0 fully saturated rings. The van der Waals surface area contributed by atoms with Gasteiger partial charge in [-0.3, -0.25) is 4.98 Å². The number of allylic oxidation sites excluding steroid dienone is 2. The quantitative estimate of drug-likeness (QED) is 0.883. The van der Waals surface area contributed by atoms with Gasteiger partial charge in [-0.05, 0) is 37.3 Å². The van der Waals surface area contributed by atoms with E-state index in [1.54, 1.807) is 6.07 Å². The van der Waals surface area contributed by atoms with Gasteiger partial charge in [0, 0.05) is 17.1 Å². The maximum absolute atomic E-state index is 11.0. The van der Waals surface area contributed by atoms with Gasteiger partial charge >= 0.3 is 5.97 Å². The Balaban J connectivity index is 2.15. The SMILES string of the molecule is O=C(O)c1cnc2c(C3=CCCCC3)cccc2c1. The van der Waals surface area contributed by atoms with Crippen LogP contribution in [0.15, 0.2) is 36.5 Å². The summed E-state index contributed by atoms with van der Waals surface area (Å²) < 4.78 is 0. The molecule has 1 heterocycles. The molecule has 0 atom stereocenters. The summed E-state index contributed by atoms with van der Waals surface area (Å²) in [4.78, 5) is 15.3. The van der Waals surface area contributed by atoms with E-state index in [1.807, 2.05) is 12.1 Å². The van der Waals surface area contributed by atoms with Gasteiger partial charge in [-0.25, -0.2) is 4.79 Å². The predicted octanol–water partition coefficient (Wildman–Crippen LogP) is 3.89. The van der Waals surface area contributed by atoms with Crippen LogP contribution in [0.4, 0.5) is 0 Å².